The highest BCUT2D eigenvalue weighted by molar-refractivity contribution is 14.0. The molecule has 0 radical (unpaired) electrons. The molecule has 0 heterocycles. The van der Waals surface area contributed by atoms with Crippen molar-refractivity contribution in [1.29, 1.82) is 0 Å². The van der Waals surface area contributed by atoms with Crippen LogP contribution in [0.5, 0.6) is 5.75 Å². The van der Waals surface area contributed by atoms with Gasteiger partial charge < -0.3 is 15.8 Å². The Morgan fingerprint density at radius 1 is 1.36 bits per heavy atom. The second-order valence-corrected chi connectivity index (χ2v) is 4.52. The number of rotatable bonds is 4. The van der Waals surface area contributed by atoms with Crippen molar-refractivity contribution in [3.8, 4) is 5.75 Å². The van der Waals surface area contributed by atoms with E-state index >= 15 is 0 Å². The van der Waals surface area contributed by atoms with Crippen LogP contribution >= 0.6 is 24.0 Å². The van der Waals surface area contributed by atoms with E-state index < -0.39 is 30.5 Å². The van der Waals surface area contributed by atoms with Gasteiger partial charge in [0.15, 0.2) is 5.96 Å². The van der Waals surface area contributed by atoms with E-state index in [1.54, 1.807) is 0 Å². The summed E-state index contributed by atoms with van der Waals surface area (Å²) < 4.78 is 64.6. The molecule has 1 aliphatic rings. The monoisotopic (exact) mass is 437 g/mol. The molecule has 124 valence electrons. The molecule has 1 fully saturated rings. The van der Waals surface area contributed by atoms with E-state index in [-0.39, 0.29) is 42.0 Å². The number of nitrogens with two attached hydrogens (primary N) is 1. The first-order valence-corrected chi connectivity index (χ1v) is 5.99. The van der Waals surface area contributed by atoms with Crippen molar-refractivity contribution in [1.82, 2.24) is 0 Å². The first kappa shape index (κ1) is 18.7. The molecule has 2 rings (SSSR count). The molecular formula is C12H13F5IN3O. The lowest BCUT2D eigenvalue weighted by Crippen LogP contribution is -2.23. The molecule has 0 aromatic heterocycles. The minimum absolute atomic E-state index is 0. The highest BCUT2D eigenvalue weighted by Crippen LogP contribution is 2.39. The van der Waals surface area contributed by atoms with Crippen LogP contribution < -0.4 is 15.8 Å². The summed E-state index contributed by atoms with van der Waals surface area (Å²) in [6, 6.07) is 4.43. The minimum atomic E-state index is -4.79. The topological polar surface area (TPSA) is 59.6 Å². The van der Waals surface area contributed by atoms with Crippen LogP contribution in [0.15, 0.2) is 29.3 Å². The van der Waals surface area contributed by atoms with Crippen LogP contribution in [-0.4, -0.2) is 24.8 Å². The summed E-state index contributed by atoms with van der Waals surface area (Å²) in [7, 11) is 0. The van der Waals surface area contributed by atoms with Gasteiger partial charge in [-0.15, -0.1) is 37.1 Å². The lowest BCUT2D eigenvalue weighted by molar-refractivity contribution is -0.274. The smallest absolute Gasteiger partial charge is 0.406 e. The molecule has 10 heteroatoms. The summed E-state index contributed by atoms with van der Waals surface area (Å²) in [5.74, 6) is -1.35. The highest BCUT2D eigenvalue weighted by atomic mass is 127. The fourth-order valence-corrected chi connectivity index (χ4v) is 1.75. The zero-order chi connectivity index (χ0) is 15.6. The van der Waals surface area contributed by atoms with Gasteiger partial charge in [-0.3, -0.25) is 0 Å². The van der Waals surface area contributed by atoms with E-state index in [1.165, 1.54) is 12.1 Å². The van der Waals surface area contributed by atoms with Crippen molar-refractivity contribution in [3.05, 3.63) is 24.3 Å². The number of benzene rings is 1. The molecule has 1 aromatic rings. The van der Waals surface area contributed by atoms with Gasteiger partial charge in [0.1, 0.15) is 5.75 Å². The number of ether oxygens (including phenoxy) is 1. The SMILES string of the molecule is I.NC(=N[C@H]1C[C@@H]1C(F)F)Nc1cccc(OC(F)(F)F)c1. The fraction of sp³-hybridized carbons (Fsp3) is 0.417. The van der Waals surface area contributed by atoms with Crippen LogP contribution in [0, 0.1) is 5.92 Å². The van der Waals surface area contributed by atoms with Crippen molar-refractivity contribution < 1.29 is 26.7 Å². The second-order valence-electron chi connectivity index (χ2n) is 4.52. The first-order chi connectivity index (χ1) is 9.74. The van der Waals surface area contributed by atoms with E-state index in [0.29, 0.717) is 0 Å². The van der Waals surface area contributed by atoms with E-state index in [9.17, 15) is 22.0 Å². The molecule has 1 aliphatic carbocycles. The molecule has 0 amide bonds. The molecule has 3 N–H and O–H groups in total. The molecule has 1 aromatic carbocycles. The predicted molar refractivity (Wildman–Crippen MR) is 81.7 cm³/mol. The molecular weight excluding hydrogens is 424 g/mol. The Bertz CT molecular complexity index is 538. The van der Waals surface area contributed by atoms with Gasteiger partial charge in [0.2, 0.25) is 6.43 Å². The summed E-state index contributed by atoms with van der Waals surface area (Å²) >= 11 is 0. The van der Waals surface area contributed by atoms with Crippen LogP contribution in [0.4, 0.5) is 27.6 Å². The molecule has 0 unspecified atom stereocenters. The molecule has 0 aliphatic heterocycles. The van der Waals surface area contributed by atoms with Crippen molar-refractivity contribution in [2.24, 2.45) is 16.6 Å². The van der Waals surface area contributed by atoms with E-state index in [0.717, 1.165) is 12.1 Å². The maximum Gasteiger partial charge on any atom is 0.573 e. The largest absolute Gasteiger partial charge is 0.573 e. The Balaban J connectivity index is 0.00000242. The summed E-state index contributed by atoms with van der Waals surface area (Å²) in [6.45, 7) is 0. The maximum atomic E-state index is 12.3. The zero-order valence-corrected chi connectivity index (χ0v) is 13.3. The molecule has 1 saturated carbocycles. The van der Waals surface area contributed by atoms with E-state index in [2.05, 4.69) is 15.0 Å². The minimum Gasteiger partial charge on any atom is -0.406 e. The quantitative estimate of drug-likeness (QED) is 0.328. The zero-order valence-electron chi connectivity index (χ0n) is 11.0. The molecule has 2 atom stereocenters. The van der Waals surface area contributed by atoms with Crippen LogP contribution in [0.2, 0.25) is 0 Å². The standard InChI is InChI=1S/C12H12F5N3O.HI/c13-10(14)8-5-9(8)20-11(18)19-6-2-1-3-7(4-6)21-12(15,16)17;/h1-4,8-10H,5H2,(H3,18,19,20);1H/t8-,9-;/m0./s1. The lowest BCUT2D eigenvalue weighted by atomic mass is 10.3. The average Bonchev–Trinajstić information content (AvgIpc) is 3.06. The Morgan fingerprint density at radius 2 is 2.05 bits per heavy atom. The number of nitrogens with one attached hydrogen (secondary N) is 1. The Labute approximate surface area is 139 Å². The van der Waals surface area contributed by atoms with Gasteiger partial charge in [0, 0.05) is 17.7 Å². The van der Waals surface area contributed by atoms with Crippen LogP contribution in [0.25, 0.3) is 0 Å². The van der Waals surface area contributed by atoms with Gasteiger partial charge in [-0.1, -0.05) is 6.07 Å². The molecule has 0 saturated heterocycles. The Hall–Kier alpha value is -1.33. The first-order valence-electron chi connectivity index (χ1n) is 5.99. The number of guanidine groups is 1. The highest BCUT2D eigenvalue weighted by Gasteiger charge is 2.44. The third kappa shape index (κ3) is 5.81. The van der Waals surface area contributed by atoms with Gasteiger partial charge >= 0.3 is 6.36 Å². The third-order valence-electron chi connectivity index (χ3n) is 2.77. The van der Waals surface area contributed by atoms with E-state index in [4.69, 9.17) is 5.73 Å². The maximum absolute atomic E-state index is 12.3. The molecule has 0 spiro atoms. The third-order valence-corrected chi connectivity index (χ3v) is 2.77. The number of aliphatic imine (C=N–C) groups is 1. The van der Waals surface area contributed by atoms with Crippen molar-refractivity contribution in [3.63, 3.8) is 0 Å². The number of anilines is 1. The summed E-state index contributed by atoms with van der Waals surface area (Å²) in [5, 5.41) is 2.53. The summed E-state index contributed by atoms with van der Waals surface area (Å²) in [5.41, 5.74) is 5.73. The molecule has 22 heavy (non-hydrogen) atoms. The average molecular weight is 437 g/mol. The lowest BCUT2D eigenvalue weighted by Gasteiger charge is -2.11. The van der Waals surface area contributed by atoms with Crippen LogP contribution in [0.1, 0.15) is 6.42 Å². The molecule has 4 nitrogen and oxygen atoms in total. The number of alkyl halides is 5. The number of halogens is 6. The van der Waals surface area contributed by atoms with Gasteiger partial charge in [-0.05, 0) is 18.6 Å². The van der Waals surface area contributed by atoms with Gasteiger partial charge in [0.05, 0.1) is 6.04 Å². The van der Waals surface area contributed by atoms with Gasteiger partial charge in [-0.2, -0.15) is 0 Å². The van der Waals surface area contributed by atoms with Crippen molar-refractivity contribution in [2.45, 2.75) is 25.3 Å². The van der Waals surface area contributed by atoms with Crippen LogP contribution in [0.3, 0.4) is 0 Å². The van der Waals surface area contributed by atoms with Crippen molar-refractivity contribution in [2.75, 3.05) is 5.32 Å². The number of hydrogen-bond acceptors (Lipinski definition) is 2. The predicted octanol–water partition coefficient (Wildman–Crippen LogP) is 3.58. The Morgan fingerprint density at radius 3 is 2.59 bits per heavy atom. The summed E-state index contributed by atoms with van der Waals surface area (Å²) in [6.07, 6.45) is -7.00. The Kier molecular flexibility index (Phi) is 6.20. The normalized spacial score (nSPS) is 21.3. The van der Waals surface area contributed by atoms with Crippen LogP contribution in [-0.2, 0) is 0 Å². The second kappa shape index (κ2) is 7.29. The van der Waals surface area contributed by atoms with E-state index in [1.807, 2.05) is 0 Å². The fourth-order valence-electron chi connectivity index (χ4n) is 1.75. The van der Waals surface area contributed by atoms with Gasteiger partial charge in [-0.25, -0.2) is 13.8 Å². The number of hydrogen-bond donors (Lipinski definition) is 2. The summed E-state index contributed by atoms with van der Waals surface area (Å²) in [4.78, 5) is 3.83. The van der Waals surface area contributed by atoms with Gasteiger partial charge in [0.25, 0.3) is 0 Å². The van der Waals surface area contributed by atoms with Crippen molar-refractivity contribution >= 4 is 35.6 Å². The molecule has 0 bridgehead atoms. The number of nitrogens with zero attached hydrogens (tertiary/aromatic N) is 1.